The molecule has 0 bridgehead atoms. The molecule has 2 rings (SSSR count). The third-order valence-corrected chi connectivity index (χ3v) is 4.74. The molecule has 1 atom stereocenters. The first-order chi connectivity index (χ1) is 12.3. The number of carbonyl (C=O) groups is 1. The molecule has 0 aromatic heterocycles. The van der Waals surface area contributed by atoms with Gasteiger partial charge in [-0.3, -0.25) is 4.79 Å². The van der Waals surface area contributed by atoms with Crippen molar-refractivity contribution in [3.05, 3.63) is 65.2 Å². The van der Waals surface area contributed by atoms with Crippen LogP contribution in [0.25, 0.3) is 0 Å². The van der Waals surface area contributed by atoms with Crippen molar-refractivity contribution in [1.82, 2.24) is 4.90 Å². The van der Waals surface area contributed by atoms with Gasteiger partial charge >= 0.3 is 0 Å². The van der Waals surface area contributed by atoms with Crippen LogP contribution in [0.15, 0.2) is 48.5 Å². The van der Waals surface area contributed by atoms with Gasteiger partial charge < -0.3 is 9.64 Å². The molecule has 0 aliphatic heterocycles. The predicted octanol–water partition coefficient (Wildman–Crippen LogP) is 5.17. The number of hydrogen-bond acceptors (Lipinski definition) is 2. The van der Waals surface area contributed by atoms with Gasteiger partial charge in [0.15, 0.2) is 0 Å². The van der Waals surface area contributed by atoms with E-state index in [4.69, 9.17) is 4.74 Å². The van der Waals surface area contributed by atoms with Gasteiger partial charge in [-0.1, -0.05) is 48.0 Å². The molecule has 0 saturated carbocycles. The first-order valence-corrected chi connectivity index (χ1v) is 9.35. The molecule has 26 heavy (non-hydrogen) atoms. The molecule has 0 saturated heterocycles. The Morgan fingerprint density at radius 1 is 1.00 bits per heavy atom. The quantitative estimate of drug-likeness (QED) is 0.687. The third-order valence-electron chi connectivity index (χ3n) is 4.74. The van der Waals surface area contributed by atoms with Crippen molar-refractivity contribution in [2.75, 3.05) is 7.11 Å². The summed E-state index contributed by atoms with van der Waals surface area (Å²) in [7, 11) is 1.69. The first-order valence-electron chi connectivity index (χ1n) is 9.35. The van der Waals surface area contributed by atoms with Crippen LogP contribution in [-0.2, 0) is 4.79 Å². The highest BCUT2D eigenvalue weighted by molar-refractivity contribution is 5.78. The molecule has 3 heteroatoms. The number of methoxy groups -OCH3 is 1. The van der Waals surface area contributed by atoms with Crippen molar-refractivity contribution >= 4 is 5.91 Å². The summed E-state index contributed by atoms with van der Waals surface area (Å²) in [4.78, 5) is 15.1. The molecule has 2 aromatic rings. The maximum Gasteiger partial charge on any atom is 0.223 e. The molecule has 0 fully saturated rings. The number of benzene rings is 2. The SMILES string of the molecule is COc1ccc(C)cc1C(CC(=O)N(C(C)C)C(C)C)c1ccccc1. The van der Waals surface area contributed by atoms with Crippen molar-refractivity contribution in [1.29, 1.82) is 0 Å². The average Bonchev–Trinajstić information content (AvgIpc) is 2.59. The fourth-order valence-corrected chi connectivity index (χ4v) is 3.67. The Bertz CT molecular complexity index is 714. The molecule has 0 aliphatic rings. The standard InChI is InChI=1S/C23H31NO2/c1-16(2)24(17(3)4)23(25)15-20(19-10-8-7-9-11-19)21-14-18(5)12-13-22(21)26-6/h7-14,16-17,20H,15H2,1-6H3. The van der Waals surface area contributed by atoms with Crippen LogP contribution in [0.5, 0.6) is 5.75 Å². The van der Waals surface area contributed by atoms with E-state index in [9.17, 15) is 4.79 Å². The first kappa shape index (κ1) is 20.0. The van der Waals surface area contributed by atoms with Gasteiger partial charge in [0.05, 0.1) is 7.11 Å². The predicted molar refractivity (Wildman–Crippen MR) is 108 cm³/mol. The van der Waals surface area contributed by atoms with Crippen LogP contribution in [0.2, 0.25) is 0 Å². The van der Waals surface area contributed by atoms with Crippen LogP contribution < -0.4 is 4.74 Å². The Balaban J connectivity index is 2.47. The summed E-state index contributed by atoms with van der Waals surface area (Å²) in [5.41, 5.74) is 3.37. The third kappa shape index (κ3) is 4.66. The highest BCUT2D eigenvalue weighted by Gasteiger charge is 2.27. The molecule has 140 valence electrons. The van der Waals surface area contributed by atoms with Crippen LogP contribution in [0, 0.1) is 6.92 Å². The molecular weight excluding hydrogens is 322 g/mol. The van der Waals surface area contributed by atoms with Crippen LogP contribution in [0.1, 0.15) is 56.7 Å². The van der Waals surface area contributed by atoms with Crippen molar-refractivity contribution in [3.63, 3.8) is 0 Å². The van der Waals surface area contributed by atoms with Gasteiger partial charge in [0.2, 0.25) is 5.91 Å². The lowest BCUT2D eigenvalue weighted by Crippen LogP contribution is -2.42. The second-order valence-corrected chi connectivity index (χ2v) is 7.40. The zero-order valence-corrected chi connectivity index (χ0v) is 16.8. The van der Waals surface area contributed by atoms with Crippen molar-refractivity contribution in [2.45, 2.75) is 59.0 Å². The minimum Gasteiger partial charge on any atom is -0.496 e. The molecule has 1 amide bonds. The lowest BCUT2D eigenvalue weighted by molar-refractivity contribution is -0.135. The second-order valence-electron chi connectivity index (χ2n) is 7.40. The zero-order valence-electron chi connectivity index (χ0n) is 16.8. The van der Waals surface area contributed by atoms with Crippen LogP contribution >= 0.6 is 0 Å². The lowest BCUT2D eigenvalue weighted by atomic mass is 9.86. The van der Waals surface area contributed by atoms with Crippen molar-refractivity contribution < 1.29 is 9.53 Å². The van der Waals surface area contributed by atoms with E-state index in [1.807, 2.05) is 35.2 Å². The minimum absolute atomic E-state index is 0.0291. The van der Waals surface area contributed by atoms with E-state index in [1.165, 1.54) is 5.56 Å². The zero-order chi connectivity index (χ0) is 19.3. The smallest absolute Gasteiger partial charge is 0.223 e. The molecule has 0 N–H and O–H groups in total. The summed E-state index contributed by atoms with van der Waals surface area (Å²) in [5, 5.41) is 0. The highest BCUT2D eigenvalue weighted by Crippen LogP contribution is 2.35. The van der Waals surface area contributed by atoms with E-state index < -0.39 is 0 Å². The number of ether oxygens (including phenoxy) is 1. The largest absolute Gasteiger partial charge is 0.496 e. The fourth-order valence-electron chi connectivity index (χ4n) is 3.67. The maximum absolute atomic E-state index is 13.2. The topological polar surface area (TPSA) is 29.5 Å². The van der Waals surface area contributed by atoms with Gasteiger partial charge in [-0.15, -0.1) is 0 Å². The Morgan fingerprint density at radius 3 is 2.15 bits per heavy atom. The Labute approximate surface area is 158 Å². The van der Waals surface area contributed by atoms with Gasteiger partial charge in [0.1, 0.15) is 5.75 Å². The summed E-state index contributed by atoms with van der Waals surface area (Å²) in [6.45, 7) is 10.4. The molecule has 0 radical (unpaired) electrons. The van der Waals surface area contributed by atoms with E-state index in [-0.39, 0.29) is 23.9 Å². The lowest BCUT2D eigenvalue weighted by Gasteiger charge is -2.32. The van der Waals surface area contributed by atoms with Gasteiger partial charge in [-0.2, -0.15) is 0 Å². The molecular formula is C23H31NO2. The van der Waals surface area contributed by atoms with Crippen LogP contribution in [0.3, 0.4) is 0 Å². The molecule has 0 spiro atoms. The number of nitrogens with zero attached hydrogens (tertiary/aromatic N) is 1. The van der Waals surface area contributed by atoms with E-state index >= 15 is 0 Å². The molecule has 2 aromatic carbocycles. The summed E-state index contributed by atoms with van der Waals surface area (Å²) in [5.74, 6) is 0.976. The van der Waals surface area contributed by atoms with Crippen LogP contribution in [0.4, 0.5) is 0 Å². The van der Waals surface area contributed by atoms with E-state index in [0.717, 1.165) is 16.9 Å². The molecule has 0 aliphatic carbocycles. The summed E-state index contributed by atoms with van der Waals surface area (Å²) in [6, 6.07) is 16.8. The van der Waals surface area contributed by atoms with Crippen molar-refractivity contribution in [3.8, 4) is 5.75 Å². The van der Waals surface area contributed by atoms with Gasteiger partial charge in [-0.25, -0.2) is 0 Å². The molecule has 1 unspecified atom stereocenters. The van der Waals surface area contributed by atoms with Crippen LogP contribution in [-0.4, -0.2) is 30.0 Å². The number of amides is 1. The van der Waals surface area contributed by atoms with Gasteiger partial charge in [0.25, 0.3) is 0 Å². The minimum atomic E-state index is -0.0291. The number of hydrogen-bond donors (Lipinski definition) is 0. The van der Waals surface area contributed by atoms with E-state index in [1.54, 1.807) is 7.11 Å². The second kappa shape index (κ2) is 8.88. The summed E-state index contributed by atoms with van der Waals surface area (Å²) >= 11 is 0. The molecule has 0 heterocycles. The normalized spacial score (nSPS) is 12.3. The van der Waals surface area contributed by atoms with E-state index in [0.29, 0.717) is 6.42 Å². The Kier molecular flexibility index (Phi) is 6.84. The fraction of sp³-hybridized carbons (Fsp3) is 0.435. The van der Waals surface area contributed by atoms with E-state index in [2.05, 4.69) is 52.8 Å². The average molecular weight is 354 g/mol. The highest BCUT2D eigenvalue weighted by atomic mass is 16.5. The maximum atomic E-state index is 13.2. The summed E-state index contributed by atoms with van der Waals surface area (Å²) in [6.07, 6.45) is 0.431. The van der Waals surface area contributed by atoms with Crippen molar-refractivity contribution in [2.24, 2.45) is 0 Å². The number of rotatable bonds is 7. The van der Waals surface area contributed by atoms with Gasteiger partial charge in [-0.05, 0) is 46.2 Å². The Hall–Kier alpha value is -2.29. The monoisotopic (exact) mass is 353 g/mol. The summed E-state index contributed by atoms with van der Waals surface area (Å²) < 4.78 is 5.61. The number of aryl methyl sites for hydroxylation is 1. The van der Waals surface area contributed by atoms with Gasteiger partial charge in [0, 0.05) is 30.0 Å². The Morgan fingerprint density at radius 2 is 1.62 bits per heavy atom. The molecule has 3 nitrogen and oxygen atoms in total. The number of carbonyl (C=O) groups excluding carboxylic acids is 1.